The van der Waals surface area contributed by atoms with Gasteiger partial charge < -0.3 is 19.5 Å². The molecule has 0 radical (unpaired) electrons. The zero-order valence-corrected chi connectivity index (χ0v) is 16.0. The first-order chi connectivity index (χ1) is 14.0. The number of rotatable bonds is 8. The first-order valence-corrected chi connectivity index (χ1v) is 8.81. The van der Waals surface area contributed by atoms with Gasteiger partial charge >= 0.3 is 5.97 Å². The summed E-state index contributed by atoms with van der Waals surface area (Å²) in [6.07, 6.45) is 1.58. The summed E-state index contributed by atoms with van der Waals surface area (Å²) in [6, 6.07) is 13.5. The number of ketones is 1. The number of hydrogen-bond acceptors (Lipinski definition) is 6. The summed E-state index contributed by atoms with van der Waals surface area (Å²) in [7, 11) is 3.08. The van der Waals surface area contributed by atoms with Gasteiger partial charge in [0.05, 0.1) is 14.2 Å². The van der Waals surface area contributed by atoms with Gasteiger partial charge in [0.15, 0.2) is 11.5 Å². The Balaban J connectivity index is 2.07. The minimum absolute atomic E-state index is 0.0165. The van der Waals surface area contributed by atoms with Crippen LogP contribution in [0.4, 0.5) is 0 Å². The molecule has 0 amide bonds. The molecule has 0 spiro atoms. The van der Waals surface area contributed by atoms with Gasteiger partial charge in [-0.05, 0) is 48.0 Å². The lowest BCUT2D eigenvalue weighted by Crippen LogP contribution is -2.16. The normalized spacial score (nSPS) is 13.8. The van der Waals surface area contributed by atoms with Gasteiger partial charge in [-0.15, -0.1) is 0 Å². The molecule has 2 aromatic carbocycles. The molecule has 0 bridgehead atoms. The molecule has 2 aromatic rings. The summed E-state index contributed by atoms with van der Waals surface area (Å²) in [5.41, 5.74) is 0.956. The highest BCUT2D eigenvalue weighted by atomic mass is 17.2. The van der Waals surface area contributed by atoms with Gasteiger partial charge in [-0.1, -0.05) is 12.1 Å². The fourth-order valence-corrected chi connectivity index (χ4v) is 2.91. The molecule has 0 fully saturated rings. The van der Waals surface area contributed by atoms with Crippen LogP contribution in [0, 0.1) is 0 Å². The molecule has 3 rings (SSSR count). The molecule has 150 valence electrons. The van der Waals surface area contributed by atoms with Crippen molar-refractivity contribution in [3.05, 3.63) is 82.6 Å². The van der Waals surface area contributed by atoms with E-state index in [9.17, 15) is 14.7 Å². The number of carbonyl (C=O) groups is 2. The molecular weight excluding hydrogens is 376 g/mol. The van der Waals surface area contributed by atoms with Crippen LogP contribution in [0.1, 0.15) is 15.9 Å². The van der Waals surface area contributed by atoms with Crippen LogP contribution >= 0.6 is 0 Å². The number of benzene rings is 2. The van der Waals surface area contributed by atoms with Crippen LogP contribution in [0.25, 0.3) is 0 Å². The molecule has 1 aliphatic heterocycles. The average molecular weight is 396 g/mol. The molecule has 0 unspecified atom stereocenters. The Morgan fingerprint density at radius 2 is 1.55 bits per heavy atom. The maximum absolute atomic E-state index is 13.3. The molecule has 0 atom stereocenters. The van der Waals surface area contributed by atoms with E-state index in [4.69, 9.17) is 19.2 Å². The van der Waals surface area contributed by atoms with Crippen LogP contribution in [0.3, 0.4) is 0 Å². The molecule has 0 saturated carbocycles. The molecule has 7 heteroatoms. The Hall–Kier alpha value is -3.58. The Labute approximate surface area is 167 Å². The molecule has 29 heavy (non-hydrogen) atoms. The molecule has 0 aromatic heterocycles. The van der Waals surface area contributed by atoms with Gasteiger partial charge in [-0.2, -0.15) is 4.89 Å². The van der Waals surface area contributed by atoms with Gasteiger partial charge in [-0.3, -0.25) is 4.79 Å². The number of carboxylic acids is 1. The number of methoxy groups -OCH3 is 2. The minimum Gasteiger partial charge on any atom is -0.497 e. The van der Waals surface area contributed by atoms with Crippen molar-refractivity contribution < 1.29 is 33.9 Å². The van der Waals surface area contributed by atoms with Crippen LogP contribution in [0.5, 0.6) is 11.5 Å². The Morgan fingerprint density at radius 1 is 0.966 bits per heavy atom. The van der Waals surface area contributed by atoms with Crippen molar-refractivity contribution in [2.45, 2.75) is 6.42 Å². The maximum atomic E-state index is 13.3. The Bertz CT molecular complexity index is 954. The Kier molecular flexibility index (Phi) is 6.31. The zero-order chi connectivity index (χ0) is 20.8. The monoisotopic (exact) mass is 396 g/mol. The van der Waals surface area contributed by atoms with Crippen LogP contribution < -0.4 is 9.47 Å². The molecule has 1 N–H and O–H groups in total. The summed E-state index contributed by atoms with van der Waals surface area (Å²) in [6.45, 7) is 0.110. The van der Waals surface area contributed by atoms with Crippen LogP contribution in [-0.2, 0) is 21.0 Å². The number of hydrogen-bond donors (Lipinski definition) is 1. The largest absolute Gasteiger partial charge is 0.497 e. The van der Waals surface area contributed by atoms with Gasteiger partial charge in [-0.25, -0.2) is 4.79 Å². The number of carboxylic acid groups (broad SMARTS) is 1. The molecule has 1 heterocycles. The van der Waals surface area contributed by atoms with E-state index in [0.717, 1.165) is 5.56 Å². The number of Topliss-reactive ketones (excluding diaryl/α,β-unsaturated/α-hetero) is 1. The second-order valence-corrected chi connectivity index (χ2v) is 6.18. The third-order valence-corrected chi connectivity index (χ3v) is 4.41. The zero-order valence-electron chi connectivity index (χ0n) is 16.0. The highest BCUT2D eigenvalue weighted by Crippen LogP contribution is 2.27. The molecule has 0 saturated heterocycles. The molecule has 7 nitrogen and oxygen atoms in total. The van der Waals surface area contributed by atoms with Crippen molar-refractivity contribution in [2.75, 3.05) is 20.8 Å². The lowest BCUT2D eigenvalue weighted by Gasteiger charge is -2.13. The number of carbonyl (C=O) groups excluding carboxylic acids is 1. The smallest absolute Gasteiger partial charge is 0.340 e. The minimum atomic E-state index is -1.27. The molecular formula is C22H20O7. The molecule has 1 aliphatic rings. The third-order valence-electron chi connectivity index (χ3n) is 4.41. The lowest BCUT2D eigenvalue weighted by molar-refractivity contribution is -0.231. The van der Waals surface area contributed by atoms with Crippen molar-refractivity contribution in [3.8, 4) is 11.5 Å². The standard InChI is InChI=1S/C22H20O7/c1-26-16-7-3-14(4-8-16)13-18(20(22(24)25)19-11-12-28-29-19)21(23)15-5-9-17(27-2)10-6-15/h3-11H,12-13H2,1-2H3,(H,24,25). The predicted molar refractivity (Wildman–Crippen MR) is 104 cm³/mol. The summed E-state index contributed by atoms with van der Waals surface area (Å²) in [4.78, 5) is 35.1. The summed E-state index contributed by atoms with van der Waals surface area (Å²) in [5.74, 6) is -0.419. The number of aliphatic carboxylic acids is 1. The van der Waals surface area contributed by atoms with E-state index in [0.29, 0.717) is 17.1 Å². The van der Waals surface area contributed by atoms with Crippen molar-refractivity contribution in [3.63, 3.8) is 0 Å². The van der Waals surface area contributed by atoms with E-state index in [-0.39, 0.29) is 29.9 Å². The van der Waals surface area contributed by atoms with Crippen molar-refractivity contribution in [1.82, 2.24) is 0 Å². The number of ether oxygens (including phenoxy) is 2. The van der Waals surface area contributed by atoms with Gasteiger partial charge in [0.25, 0.3) is 0 Å². The van der Waals surface area contributed by atoms with Crippen molar-refractivity contribution in [2.24, 2.45) is 0 Å². The quantitative estimate of drug-likeness (QED) is 0.416. The SMILES string of the molecule is COc1ccc(CC(C(=O)c2ccc(OC)cc2)=C(C(=O)O)C2=CCOO2)cc1. The maximum Gasteiger partial charge on any atom is 0.340 e. The second-order valence-electron chi connectivity index (χ2n) is 6.18. The van der Waals surface area contributed by atoms with E-state index < -0.39 is 11.8 Å². The van der Waals surface area contributed by atoms with E-state index in [1.807, 2.05) is 0 Å². The lowest BCUT2D eigenvalue weighted by atomic mass is 9.91. The van der Waals surface area contributed by atoms with Gasteiger partial charge in [0.1, 0.15) is 23.7 Å². The predicted octanol–water partition coefficient (Wildman–Crippen LogP) is 3.36. The summed E-state index contributed by atoms with van der Waals surface area (Å²) < 4.78 is 10.3. The van der Waals surface area contributed by atoms with Gasteiger partial charge in [0, 0.05) is 17.6 Å². The van der Waals surface area contributed by atoms with Gasteiger partial charge in [0.2, 0.25) is 0 Å². The summed E-state index contributed by atoms with van der Waals surface area (Å²) >= 11 is 0. The fraction of sp³-hybridized carbons (Fsp3) is 0.182. The van der Waals surface area contributed by atoms with Crippen molar-refractivity contribution >= 4 is 11.8 Å². The number of allylic oxidation sites excluding steroid dienone is 1. The van der Waals surface area contributed by atoms with E-state index in [1.165, 1.54) is 13.2 Å². The van der Waals surface area contributed by atoms with Crippen molar-refractivity contribution in [1.29, 1.82) is 0 Å². The highest BCUT2D eigenvalue weighted by molar-refractivity contribution is 6.14. The highest BCUT2D eigenvalue weighted by Gasteiger charge is 2.28. The summed E-state index contributed by atoms with van der Waals surface area (Å²) in [5, 5.41) is 9.82. The molecule has 0 aliphatic carbocycles. The first kappa shape index (κ1) is 20.2. The Morgan fingerprint density at radius 3 is 2.03 bits per heavy atom. The average Bonchev–Trinajstić information content (AvgIpc) is 3.27. The first-order valence-electron chi connectivity index (χ1n) is 8.81. The fourth-order valence-electron chi connectivity index (χ4n) is 2.91. The van der Waals surface area contributed by atoms with E-state index in [1.54, 1.807) is 55.6 Å². The van der Waals surface area contributed by atoms with Crippen LogP contribution in [0.15, 0.2) is 71.5 Å². The topological polar surface area (TPSA) is 91.3 Å². The second kappa shape index (κ2) is 9.07. The van der Waals surface area contributed by atoms with E-state index in [2.05, 4.69) is 0 Å². The third kappa shape index (κ3) is 4.64. The van der Waals surface area contributed by atoms with Crippen LogP contribution in [0.2, 0.25) is 0 Å². The van der Waals surface area contributed by atoms with E-state index >= 15 is 0 Å². The van der Waals surface area contributed by atoms with Crippen LogP contribution in [-0.4, -0.2) is 37.7 Å².